The topological polar surface area (TPSA) is 39.3 Å². The molecule has 0 unspecified atom stereocenters. The highest BCUT2D eigenvalue weighted by Gasteiger charge is 2.28. The summed E-state index contributed by atoms with van der Waals surface area (Å²) in [6, 6.07) is 8.54. The van der Waals surface area contributed by atoms with Crippen LogP contribution < -0.4 is 0 Å². The third kappa shape index (κ3) is 1.58. The Morgan fingerprint density at radius 3 is 3.00 bits per heavy atom. The second-order valence-corrected chi connectivity index (χ2v) is 4.64. The van der Waals surface area contributed by atoms with Crippen LogP contribution >= 0.6 is 0 Å². The maximum Gasteiger partial charge on any atom is 0.0735 e. The first-order chi connectivity index (χ1) is 8.35. The smallest absolute Gasteiger partial charge is 0.0735 e. The fourth-order valence-corrected chi connectivity index (χ4v) is 2.95. The van der Waals surface area contributed by atoms with Gasteiger partial charge in [-0.15, -0.1) is 0 Å². The lowest BCUT2D eigenvalue weighted by atomic mass is 9.98. The zero-order valence-corrected chi connectivity index (χ0v) is 10.1. The molecule has 1 aromatic carbocycles. The van der Waals surface area contributed by atoms with Crippen molar-refractivity contribution in [1.82, 2.24) is 9.88 Å². The first kappa shape index (κ1) is 10.8. The second-order valence-electron chi connectivity index (χ2n) is 4.64. The molecule has 0 aliphatic carbocycles. The van der Waals surface area contributed by atoms with Crippen molar-refractivity contribution in [1.29, 1.82) is 0 Å². The highest BCUT2D eigenvalue weighted by atomic mass is 16.3. The number of rotatable bonds is 2. The van der Waals surface area contributed by atoms with E-state index >= 15 is 0 Å². The van der Waals surface area contributed by atoms with Gasteiger partial charge in [-0.05, 0) is 24.6 Å². The molecule has 90 valence electrons. The summed E-state index contributed by atoms with van der Waals surface area (Å²) in [6.07, 6.45) is 1.07. The van der Waals surface area contributed by atoms with Gasteiger partial charge < -0.3 is 10.1 Å². The van der Waals surface area contributed by atoms with Gasteiger partial charge in [0.05, 0.1) is 12.6 Å². The highest BCUT2D eigenvalue weighted by molar-refractivity contribution is 5.85. The molecule has 2 N–H and O–H groups in total. The molecule has 3 nitrogen and oxygen atoms in total. The Bertz CT molecular complexity index is 532. The summed E-state index contributed by atoms with van der Waals surface area (Å²) in [7, 11) is 0. The van der Waals surface area contributed by atoms with E-state index in [1.165, 1.54) is 22.2 Å². The maximum atomic E-state index is 9.60. The van der Waals surface area contributed by atoms with Crippen LogP contribution in [-0.2, 0) is 6.42 Å². The average molecular weight is 230 g/mol. The minimum atomic E-state index is 0.135. The predicted octanol–water partition coefficient (Wildman–Crippen LogP) is 2.08. The minimum absolute atomic E-state index is 0.135. The van der Waals surface area contributed by atoms with Gasteiger partial charge in [0.1, 0.15) is 0 Å². The Kier molecular flexibility index (Phi) is 2.65. The van der Waals surface area contributed by atoms with Gasteiger partial charge in [-0.2, -0.15) is 0 Å². The number of para-hydroxylation sites is 1. The van der Waals surface area contributed by atoms with Gasteiger partial charge in [0, 0.05) is 23.1 Å². The molecule has 0 radical (unpaired) electrons. The lowest BCUT2D eigenvalue weighted by Gasteiger charge is -2.33. The molecule has 2 aromatic rings. The van der Waals surface area contributed by atoms with E-state index < -0.39 is 0 Å². The molecular formula is C14H18N2O. The number of likely N-dealkylation sites (N-methyl/N-ethyl adjacent to an activating group) is 1. The zero-order chi connectivity index (χ0) is 11.8. The van der Waals surface area contributed by atoms with Crippen molar-refractivity contribution in [3.8, 4) is 0 Å². The van der Waals surface area contributed by atoms with Crippen LogP contribution in [-0.4, -0.2) is 34.7 Å². The van der Waals surface area contributed by atoms with E-state index in [-0.39, 0.29) is 12.6 Å². The summed E-state index contributed by atoms with van der Waals surface area (Å²) in [4.78, 5) is 5.81. The predicted molar refractivity (Wildman–Crippen MR) is 69.1 cm³/mol. The number of H-pyrrole nitrogens is 1. The van der Waals surface area contributed by atoms with Crippen LogP contribution in [0.25, 0.3) is 10.9 Å². The molecule has 1 atom stereocenters. The number of aliphatic hydroxyl groups excluding tert-OH is 1. The molecule has 0 fully saturated rings. The minimum Gasteiger partial charge on any atom is -0.394 e. The molecule has 2 heterocycles. The number of hydrogen-bond acceptors (Lipinski definition) is 2. The first-order valence-electron chi connectivity index (χ1n) is 6.29. The molecular weight excluding hydrogens is 212 g/mol. The van der Waals surface area contributed by atoms with Crippen LogP contribution in [0.15, 0.2) is 24.3 Å². The molecule has 0 bridgehead atoms. The lowest BCUT2D eigenvalue weighted by molar-refractivity contribution is 0.117. The molecule has 3 rings (SSSR count). The number of hydrogen-bond donors (Lipinski definition) is 2. The van der Waals surface area contributed by atoms with E-state index in [4.69, 9.17) is 0 Å². The Morgan fingerprint density at radius 2 is 2.24 bits per heavy atom. The number of benzene rings is 1. The largest absolute Gasteiger partial charge is 0.394 e. The molecule has 1 aromatic heterocycles. The fourth-order valence-electron chi connectivity index (χ4n) is 2.95. The van der Waals surface area contributed by atoms with Crippen LogP contribution in [0.3, 0.4) is 0 Å². The average Bonchev–Trinajstić information content (AvgIpc) is 2.75. The molecule has 0 spiro atoms. The van der Waals surface area contributed by atoms with Crippen LogP contribution in [0, 0.1) is 0 Å². The fraction of sp³-hybridized carbons (Fsp3) is 0.429. The number of aromatic amines is 1. The molecule has 3 heteroatoms. The molecule has 1 aliphatic heterocycles. The van der Waals surface area contributed by atoms with Crippen LogP contribution in [0.2, 0.25) is 0 Å². The Labute approximate surface area is 101 Å². The number of aromatic nitrogens is 1. The quantitative estimate of drug-likeness (QED) is 0.829. The van der Waals surface area contributed by atoms with Crippen molar-refractivity contribution in [2.24, 2.45) is 0 Å². The number of fused-ring (bicyclic) bond motifs is 3. The Hall–Kier alpha value is -1.32. The van der Waals surface area contributed by atoms with E-state index in [2.05, 4.69) is 41.1 Å². The van der Waals surface area contributed by atoms with Crippen molar-refractivity contribution >= 4 is 10.9 Å². The van der Waals surface area contributed by atoms with Crippen LogP contribution in [0.1, 0.15) is 24.2 Å². The lowest BCUT2D eigenvalue weighted by Crippen LogP contribution is -2.37. The molecule has 0 saturated heterocycles. The van der Waals surface area contributed by atoms with Gasteiger partial charge >= 0.3 is 0 Å². The Morgan fingerprint density at radius 1 is 1.41 bits per heavy atom. The molecule has 17 heavy (non-hydrogen) atoms. The third-order valence-electron chi connectivity index (χ3n) is 3.85. The second kappa shape index (κ2) is 4.17. The van der Waals surface area contributed by atoms with Crippen LogP contribution in [0.5, 0.6) is 0 Å². The SMILES string of the molecule is CCN1CCc2c([nH]c3ccccc23)[C@H]1CO. The van der Waals surface area contributed by atoms with Crippen molar-refractivity contribution < 1.29 is 5.11 Å². The van der Waals surface area contributed by atoms with Crippen molar-refractivity contribution in [3.63, 3.8) is 0 Å². The summed E-state index contributed by atoms with van der Waals surface area (Å²) in [5, 5.41) is 10.9. The zero-order valence-electron chi connectivity index (χ0n) is 10.1. The summed E-state index contributed by atoms with van der Waals surface area (Å²) in [6.45, 7) is 4.36. The van der Waals surface area contributed by atoms with Gasteiger partial charge in [-0.3, -0.25) is 4.90 Å². The highest BCUT2D eigenvalue weighted by Crippen LogP contribution is 2.33. The molecule has 0 saturated carbocycles. The molecule has 1 aliphatic rings. The first-order valence-corrected chi connectivity index (χ1v) is 6.29. The van der Waals surface area contributed by atoms with Crippen LogP contribution in [0.4, 0.5) is 0 Å². The number of aliphatic hydroxyl groups is 1. The van der Waals surface area contributed by atoms with Crippen molar-refractivity contribution in [3.05, 3.63) is 35.5 Å². The van der Waals surface area contributed by atoms with Gasteiger partial charge in [-0.25, -0.2) is 0 Å². The normalized spacial score (nSPS) is 20.7. The van der Waals surface area contributed by atoms with E-state index in [0.717, 1.165) is 19.5 Å². The van der Waals surface area contributed by atoms with E-state index in [0.29, 0.717) is 0 Å². The third-order valence-corrected chi connectivity index (χ3v) is 3.85. The van der Waals surface area contributed by atoms with Gasteiger partial charge in [-0.1, -0.05) is 25.1 Å². The van der Waals surface area contributed by atoms with E-state index in [1.54, 1.807) is 0 Å². The molecule has 0 amide bonds. The standard InChI is InChI=1S/C14H18N2O/c1-2-16-8-7-11-10-5-3-4-6-12(10)15-14(11)13(16)9-17/h3-6,13,15,17H,2,7-9H2,1H3/t13-/m1/s1. The summed E-state index contributed by atoms with van der Waals surface area (Å²) in [5.74, 6) is 0. The maximum absolute atomic E-state index is 9.60. The van der Waals surface area contributed by atoms with Crippen molar-refractivity contribution in [2.45, 2.75) is 19.4 Å². The van der Waals surface area contributed by atoms with Gasteiger partial charge in [0.25, 0.3) is 0 Å². The summed E-state index contributed by atoms with van der Waals surface area (Å²) < 4.78 is 0. The van der Waals surface area contributed by atoms with E-state index in [9.17, 15) is 5.11 Å². The van der Waals surface area contributed by atoms with Gasteiger partial charge in [0.15, 0.2) is 0 Å². The van der Waals surface area contributed by atoms with E-state index in [1.807, 2.05) is 0 Å². The number of nitrogens with one attached hydrogen (secondary N) is 1. The summed E-state index contributed by atoms with van der Waals surface area (Å²) >= 11 is 0. The van der Waals surface area contributed by atoms with Crippen molar-refractivity contribution in [2.75, 3.05) is 19.7 Å². The monoisotopic (exact) mass is 230 g/mol. The Balaban J connectivity index is 2.16. The van der Waals surface area contributed by atoms with Gasteiger partial charge in [0.2, 0.25) is 0 Å². The number of nitrogens with zero attached hydrogens (tertiary/aromatic N) is 1. The summed E-state index contributed by atoms with van der Waals surface area (Å²) in [5.41, 5.74) is 3.79.